The molecule has 36 heavy (non-hydrogen) atoms. The van der Waals surface area contributed by atoms with Crippen LogP contribution in [0.2, 0.25) is 0 Å². The lowest BCUT2D eigenvalue weighted by Gasteiger charge is -2.09. The Balaban J connectivity index is 3.04. The van der Waals surface area contributed by atoms with Gasteiger partial charge in [-0.1, -0.05) is 0 Å². The summed E-state index contributed by atoms with van der Waals surface area (Å²) >= 11 is 0. The molecule has 0 aromatic heterocycles. The molecule has 0 rings (SSSR count). The van der Waals surface area contributed by atoms with Gasteiger partial charge in [0.25, 0.3) is 0 Å². The molecule has 0 spiro atoms. The van der Waals surface area contributed by atoms with Gasteiger partial charge in [0.1, 0.15) is 0 Å². The van der Waals surface area contributed by atoms with Crippen molar-refractivity contribution in [1.82, 2.24) is 0 Å². The van der Waals surface area contributed by atoms with E-state index in [1.54, 1.807) is 7.11 Å². The molecule has 0 fully saturated rings. The van der Waals surface area contributed by atoms with Crippen molar-refractivity contribution in [2.24, 2.45) is 0 Å². The van der Waals surface area contributed by atoms with Gasteiger partial charge in [-0.15, -0.1) is 0 Å². The molecular formula is C21H43O14S-. The molecule has 0 N–H and O–H groups in total. The first-order chi connectivity index (χ1) is 17.6. The van der Waals surface area contributed by atoms with Gasteiger partial charge in [0, 0.05) is 7.11 Å². The summed E-state index contributed by atoms with van der Waals surface area (Å²) in [5, 5.41) is 0. The standard InChI is InChI=1S/C21H44O14S/c1-25-2-3-26-4-5-27-6-7-28-8-9-29-10-11-30-12-13-31-14-15-32-16-17-33-18-19-34-20-21-35-36(22,23)24/h2-21H2,1H3,(H,22,23,24)/p-1. The van der Waals surface area contributed by atoms with Gasteiger partial charge >= 0.3 is 0 Å². The highest BCUT2D eigenvalue weighted by Crippen LogP contribution is 1.88. The molecule has 0 saturated heterocycles. The van der Waals surface area contributed by atoms with Gasteiger partial charge in [0.15, 0.2) is 0 Å². The highest BCUT2D eigenvalue weighted by Gasteiger charge is 1.97. The first-order valence-corrected chi connectivity index (χ1v) is 13.2. The molecule has 0 amide bonds. The average molecular weight is 552 g/mol. The van der Waals surface area contributed by atoms with Crippen LogP contribution in [0.1, 0.15) is 0 Å². The van der Waals surface area contributed by atoms with Crippen molar-refractivity contribution in [2.75, 3.05) is 139 Å². The molecule has 0 saturated carbocycles. The minimum Gasteiger partial charge on any atom is -0.726 e. The Labute approximate surface area is 214 Å². The largest absolute Gasteiger partial charge is 0.726 e. The predicted molar refractivity (Wildman–Crippen MR) is 125 cm³/mol. The SMILES string of the molecule is COCCOCCOCCOCCOCCOCCOCCOCCOCCOCCOS(=O)(=O)[O-]. The lowest BCUT2D eigenvalue weighted by atomic mass is 10.6. The molecule has 0 heterocycles. The molecule has 0 bridgehead atoms. The molecular weight excluding hydrogens is 508 g/mol. The minimum atomic E-state index is -4.67. The fraction of sp³-hybridized carbons (Fsp3) is 1.00. The average Bonchev–Trinajstić information content (AvgIpc) is 2.84. The summed E-state index contributed by atoms with van der Waals surface area (Å²) < 4.78 is 87.3. The van der Waals surface area contributed by atoms with Gasteiger partial charge in [-0.2, -0.15) is 0 Å². The van der Waals surface area contributed by atoms with E-state index in [1.165, 1.54) is 0 Å². The third-order valence-corrected chi connectivity index (χ3v) is 4.32. The van der Waals surface area contributed by atoms with Crippen LogP contribution in [0.25, 0.3) is 0 Å². The Bertz CT molecular complexity index is 523. The van der Waals surface area contributed by atoms with Crippen LogP contribution in [0.5, 0.6) is 0 Å². The zero-order valence-electron chi connectivity index (χ0n) is 21.3. The van der Waals surface area contributed by atoms with E-state index in [1.807, 2.05) is 0 Å². The number of ether oxygens (including phenoxy) is 10. The smallest absolute Gasteiger partial charge is 0.217 e. The summed E-state index contributed by atoms with van der Waals surface area (Å²) in [5.41, 5.74) is 0. The van der Waals surface area contributed by atoms with Crippen LogP contribution < -0.4 is 0 Å². The Morgan fingerprint density at radius 1 is 0.389 bits per heavy atom. The second-order valence-corrected chi connectivity index (χ2v) is 7.79. The van der Waals surface area contributed by atoms with Gasteiger partial charge in [0.05, 0.1) is 132 Å². The van der Waals surface area contributed by atoms with Crippen LogP contribution in [0.4, 0.5) is 0 Å². The molecule has 0 aromatic rings. The van der Waals surface area contributed by atoms with Crippen molar-refractivity contribution in [1.29, 1.82) is 0 Å². The maximum Gasteiger partial charge on any atom is 0.217 e. The first kappa shape index (κ1) is 35.5. The maximum atomic E-state index is 10.2. The Morgan fingerprint density at radius 3 is 0.778 bits per heavy atom. The molecule has 218 valence electrons. The van der Waals surface area contributed by atoms with E-state index in [2.05, 4.69) is 4.18 Å². The third kappa shape index (κ3) is 33.5. The lowest BCUT2D eigenvalue weighted by molar-refractivity contribution is -0.0262. The zero-order chi connectivity index (χ0) is 26.4. The van der Waals surface area contributed by atoms with E-state index in [0.717, 1.165) is 0 Å². The first-order valence-electron chi connectivity index (χ1n) is 11.8. The highest BCUT2D eigenvalue weighted by atomic mass is 32.3. The second-order valence-electron chi connectivity index (χ2n) is 6.73. The van der Waals surface area contributed by atoms with E-state index in [9.17, 15) is 13.0 Å². The Kier molecular flexibility index (Phi) is 28.6. The topological polar surface area (TPSA) is 159 Å². The van der Waals surface area contributed by atoms with E-state index in [0.29, 0.717) is 112 Å². The maximum absolute atomic E-state index is 10.2. The molecule has 0 radical (unpaired) electrons. The normalized spacial score (nSPS) is 11.9. The van der Waals surface area contributed by atoms with Gasteiger partial charge in [-0.05, 0) is 0 Å². The van der Waals surface area contributed by atoms with Crippen molar-refractivity contribution in [3.05, 3.63) is 0 Å². The molecule has 0 atom stereocenters. The second kappa shape index (κ2) is 29.0. The number of hydrogen-bond acceptors (Lipinski definition) is 14. The van der Waals surface area contributed by atoms with Gasteiger partial charge < -0.3 is 51.9 Å². The molecule has 14 nitrogen and oxygen atoms in total. The summed E-state index contributed by atoms with van der Waals surface area (Å²) in [7, 11) is -3.03. The molecule has 15 heteroatoms. The molecule has 0 aliphatic rings. The molecule has 0 aliphatic heterocycles. The molecule has 0 aliphatic carbocycles. The van der Waals surface area contributed by atoms with Crippen LogP contribution in [0, 0.1) is 0 Å². The van der Waals surface area contributed by atoms with Gasteiger partial charge in [-0.3, -0.25) is 4.18 Å². The number of rotatable bonds is 31. The Morgan fingerprint density at radius 2 is 0.583 bits per heavy atom. The highest BCUT2D eigenvalue weighted by molar-refractivity contribution is 7.80. The third-order valence-electron chi connectivity index (χ3n) is 3.86. The van der Waals surface area contributed by atoms with E-state index < -0.39 is 10.4 Å². The summed E-state index contributed by atoms with van der Waals surface area (Å²) in [6.45, 7) is 8.14. The predicted octanol–water partition coefficient (Wildman–Crippen LogP) is -0.741. The quantitative estimate of drug-likeness (QED) is 0.0602. The molecule has 0 unspecified atom stereocenters. The minimum absolute atomic E-state index is 0.00534. The van der Waals surface area contributed by atoms with Crippen molar-refractivity contribution in [3.8, 4) is 0 Å². The van der Waals surface area contributed by atoms with E-state index in [4.69, 9.17) is 47.4 Å². The van der Waals surface area contributed by atoms with Crippen molar-refractivity contribution in [3.63, 3.8) is 0 Å². The summed E-state index contributed by atoms with van der Waals surface area (Å²) in [4.78, 5) is 0. The Hall–Kier alpha value is -0.530. The van der Waals surface area contributed by atoms with E-state index in [-0.39, 0.29) is 19.8 Å². The fourth-order valence-corrected chi connectivity index (χ4v) is 2.47. The zero-order valence-corrected chi connectivity index (χ0v) is 22.1. The van der Waals surface area contributed by atoms with Crippen molar-refractivity contribution >= 4 is 10.4 Å². The number of hydrogen-bond donors (Lipinski definition) is 0. The van der Waals surface area contributed by atoms with Crippen molar-refractivity contribution in [2.45, 2.75) is 0 Å². The summed E-state index contributed by atoms with van der Waals surface area (Å²) in [5.74, 6) is 0. The van der Waals surface area contributed by atoms with Crippen LogP contribution in [-0.4, -0.2) is 152 Å². The van der Waals surface area contributed by atoms with Crippen LogP contribution in [0.3, 0.4) is 0 Å². The van der Waals surface area contributed by atoms with Gasteiger partial charge in [0.2, 0.25) is 10.4 Å². The number of methoxy groups -OCH3 is 1. The van der Waals surface area contributed by atoms with Gasteiger partial charge in [-0.25, -0.2) is 8.42 Å². The van der Waals surface area contributed by atoms with E-state index >= 15 is 0 Å². The summed E-state index contributed by atoms with van der Waals surface area (Å²) in [6.07, 6.45) is 0. The van der Waals surface area contributed by atoms with Crippen molar-refractivity contribution < 1.29 is 64.5 Å². The summed E-state index contributed by atoms with van der Waals surface area (Å²) in [6, 6.07) is 0. The van der Waals surface area contributed by atoms with Crippen LogP contribution >= 0.6 is 0 Å². The lowest BCUT2D eigenvalue weighted by Crippen LogP contribution is -2.15. The van der Waals surface area contributed by atoms with Crippen LogP contribution in [0.15, 0.2) is 0 Å². The van der Waals surface area contributed by atoms with Crippen LogP contribution in [-0.2, 0) is 62.0 Å². The fourth-order valence-electron chi connectivity index (χ4n) is 2.20. The monoisotopic (exact) mass is 551 g/mol. The molecule has 0 aromatic carbocycles.